The summed E-state index contributed by atoms with van der Waals surface area (Å²) in [6.45, 7) is 0. The Hall–Kier alpha value is -4.00. The molecule has 1 heterocycles. The van der Waals surface area contributed by atoms with Crippen LogP contribution in [0.25, 0.3) is 20.2 Å². The molecule has 0 saturated heterocycles. The number of hydrogen-bond donors (Lipinski definition) is 0. The van der Waals surface area contributed by atoms with Crippen molar-refractivity contribution in [3.8, 4) is 11.5 Å². The van der Waals surface area contributed by atoms with E-state index in [1.54, 1.807) is 12.1 Å². The standard InChI is InChI=1S/C31H21F9O6S3/c1-44-21-17-23-24(25(41)20-15-9-10-16-22(20)47-23)26(45-2)27(21)48(18-11-5-3-6-12-18,19-13-7-4-8-14-19)46-49(42,43)31(39,40)29(34,35)28(32,33)30(36,37)38/h3-17H,1-2H3. The summed E-state index contributed by atoms with van der Waals surface area (Å²) in [6.07, 6.45) is -7.31. The van der Waals surface area contributed by atoms with Crippen molar-refractivity contribution in [2.24, 2.45) is 0 Å². The van der Waals surface area contributed by atoms with Gasteiger partial charge in [0.25, 0.3) is 0 Å². The average molecular weight is 757 g/mol. The van der Waals surface area contributed by atoms with E-state index < -0.39 is 65.5 Å². The van der Waals surface area contributed by atoms with Crippen LogP contribution >= 0.6 is 21.6 Å². The van der Waals surface area contributed by atoms with Gasteiger partial charge in [-0.3, -0.25) is 4.79 Å². The van der Waals surface area contributed by atoms with Crippen molar-refractivity contribution >= 4 is 51.9 Å². The number of ether oxygens (including phenoxy) is 2. The first-order chi connectivity index (χ1) is 22.8. The molecule has 49 heavy (non-hydrogen) atoms. The quantitative estimate of drug-likeness (QED) is 0.104. The van der Waals surface area contributed by atoms with E-state index in [1.807, 2.05) is 0 Å². The Morgan fingerprint density at radius 2 is 1.16 bits per heavy atom. The van der Waals surface area contributed by atoms with Crippen molar-refractivity contribution in [1.82, 2.24) is 0 Å². The number of hydrogen-bond acceptors (Lipinski definition) is 7. The maximum Gasteiger partial charge on any atom is 0.460 e. The average Bonchev–Trinajstić information content (AvgIpc) is 3.06. The van der Waals surface area contributed by atoms with Crippen LogP contribution in [0.5, 0.6) is 11.5 Å². The van der Waals surface area contributed by atoms with Crippen LogP contribution in [0.4, 0.5) is 39.5 Å². The van der Waals surface area contributed by atoms with Crippen molar-refractivity contribution in [2.45, 2.75) is 38.0 Å². The monoisotopic (exact) mass is 756 g/mol. The molecule has 0 N–H and O–H groups in total. The minimum Gasteiger partial charge on any atom is -0.495 e. The van der Waals surface area contributed by atoms with Crippen LogP contribution in [0.3, 0.4) is 0 Å². The normalized spacial score (nSPS) is 13.9. The highest BCUT2D eigenvalue weighted by atomic mass is 32.3. The molecule has 0 amide bonds. The highest BCUT2D eigenvalue weighted by Gasteiger charge is 2.86. The van der Waals surface area contributed by atoms with E-state index in [1.165, 1.54) is 54.6 Å². The highest BCUT2D eigenvalue weighted by molar-refractivity contribution is 8.33. The van der Waals surface area contributed by atoms with E-state index in [0.29, 0.717) is 4.70 Å². The van der Waals surface area contributed by atoms with Crippen LogP contribution < -0.4 is 14.9 Å². The molecule has 0 aliphatic rings. The maximum absolute atomic E-state index is 15.4. The molecule has 18 heteroatoms. The summed E-state index contributed by atoms with van der Waals surface area (Å²) in [7, 11) is -10.0. The third kappa shape index (κ3) is 5.48. The van der Waals surface area contributed by atoms with Gasteiger partial charge >= 0.3 is 33.4 Å². The fraction of sp³-hybridized carbons (Fsp3) is 0.194. The Balaban J connectivity index is 1.98. The molecular weight excluding hydrogens is 736 g/mol. The van der Waals surface area contributed by atoms with Gasteiger partial charge in [-0.05, 0) is 52.8 Å². The van der Waals surface area contributed by atoms with E-state index in [9.17, 15) is 43.9 Å². The molecule has 0 atom stereocenters. The summed E-state index contributed by atoms with van der Waals surface area (Å²) in [5.74, 6) is -16.1. The second kappa shape index (κ2) is 12.4. The molecule has 0 aliphatic carbocycles. The van der Waals surface area contributed by atoms with E-state index in [0.717, 1.165) is 49.8 Å². The van der Waals surface area contributed by atoms with Gasteiger partial charge in [0.05, 0.1) is 19.6 Å². The second-order valence-corrected chi connectivity index (χ2v) is 15.6. The van der Waals surface area contributed by atoms with Gasteiger partial charge in [0.2, 0.25) is 0 Å². The van der Waals surface area contributed by atoms with Crippen molar-refractivity contribution in [1.29, 1.82) is 0 Å². The van der Waals surface area contributed by atoms with Gasteiger partial charge in [0.1, 0.15) is 16.4 Å². The lowest BCUT2D eigenvalue weighted by atomic mass is 10.1. The number of rotatable bonds is 10. The SMILES string of the molecule is COc1cc2sc3ccccc3c(=O)c2c(OC)c1S(OS(=O)(=O)C(F)(F)C(F)(F)C(F)(F)C(F)(F)F)(c1ccccc1)c1ccccc1. The Bertz CT molecular complexity index is 2150. The van der Waals surface area contributed by atoms with Crippen LogP contribution in [-0.4, -0.2) is 45.9 Å². The molecule has 0 spiro atoms. The predicted molar refractivity (Wildman–Crippen MR) is 165 cm³/mol. The first-order valence-electron chi connectivity index (χ1n) is 13.5. The van der Waals surface area contributed by atoms with E-state index >= 15 is 8.78 Å². The van der Waals surface area contributed by atoms with Crippen molar-refractivity contribution in [2.75, 3.05) is 14.2 Å². The molecule has 262 valence electrons. The third-order valence-corrected chi connectivity index (χ3v) is 13.6. The maximum atomic E-state index is 15.4. The number of fused-ring (bicyclic) bond motifs is 2. The lowest BCUT2D eigenvalue weighted by molar-refractivity contribution is -0.382. The van der Waals surface area contributed by atoms with Crippen LogP contribution in [0.15, 0.2) is 110 Å². The number of alkyl halides is 9. The summed E-state index contributed by atoms with van der Waals surface area (Å²) >= 11 is 1.04. The zero-order valence-corrected chi connectivity index (χ0v) is 27.2. The first-order valence-corrected chi connectivity index (χ1v) is 17.3. The fourth-order valence-electron chi connectivity index (χ4n) is 4.91. The minimum absolute atomic E-state index is 0.142. The molecule has 4 aromatic carbocycles. The topological polar surface area (TPSA) is 78.9 Å². The van der Waals surface area contributed by atoms with Gasteiger partial charge in [0.15, 0.2) is 5.43 Å². The molecule has 0 fully saturated rings. The van der Waals surface area contributed by atoms with Crippen molar-refractivity contribution in [3.63, 3.8) is 0 Å². The van der Waals surface area contributed by atoms with Crippen LogP contribution in [0, 0.1) is 0 Å². The number of halogens is 9. The molecule has 6 nitrogen and oxygen atoms in total. The number of methoxy groups -OCH3 is 2. The smallest absolute Gasteiger partial charge is 0.460 e. The van der Waals surface area contributed by atoms with Crippen molar-refractivity contribution < 1.29 is 61.0 Å². The predicted octanol–water partition coefficient (Wildman–Crippen LogP) is 9.40. The van der Waals surface area contributed by atoms with Crippen molar-refractivity contribution in [3.05, 3.63) is 101 Å². The van der Waals surface area contributed by atoms with Crippen LogP contribution in [0.2, 0.25) is 0 Å². The summed E-state index contributed by atoms with van der Waals surface area (Å²) in [5, 5.41) is -7.32. The molecular formula is C31H21F9O6S3. The Morgan fingerprint density at radius 3 is 1.65 bits per heavy atom. The van der Waals surface area contributed by atoms with Crippen LogP contribution in [-0.2, 0) is 13.7 Å². The van der Waals surface area contributed by atoms with Gasteiger partial charge in [-0.15, -0.1) is 11.3 Å². The summed E-state index contributed by atoms with van der Waals surface area (Å²) in [6, 6.07) is 19.7. The second-order valence-electron chi connectivity index (χ2n) is 10.1. The zero-order chi connectivity index (χ0) is 36.2. The molecule has 0 aliphatic heterocycles. The molecule has 5 rings (SSSR count). The zero-order valence-electron chi connectivity index (χ0n) is 24.7. The van der Waals surface area contributed by atoms with E-state index in [4.69, 9.17) is 13.1 Å². The minimum atomic E-state index is -7.59. The van der Waals surface area contributed by atoms with Gasteiger partial charge in [-0.1, -0.05) is 48.5 Å². The van der Waals surface area contributed by atoms with Gasteiger partial charge < -0.3 is 9.47 Å². The lowest BCUT2D eigenvalue weighted by Gasteiger charge is -2.42. The van der Waals surface area contributed by atoms with Gasteiger partial charge in [0, 0.05) is 24.6 Å². The Labute approximate surface area is 277 Å². The Morgan fingerprint density at radius 1 is 0.653 bits per heavy atom. The highest BCUT2D eigenvalue weighted by Crippen LogP contribution is 2.75. The van der Waals surface area contributed by atoms with E-state index in [-0.39, 0.29) is 25.3 Å². The van der Waals surface area contributed by atoms with Crippen LogP contribution in [0.1, 0.15) is 0 Å². The third-order valence-electron chi connectivity index (χ3n) is 7.23. The lowest BCUT2D eigenvalue weighted by Crippen LogP contribution is -2.63. The Kier molecular flexibility index (Phi) is 9.18. The summed E-state index contributed by atoms with van der Waals surface area (Å²) < 4.78 is 171. The van der Waals surface area contributed by atoms with E-state index in [2.05, 4.69) is 0 Å². The summed E-state index contributed by atoms with van der Waals surface area (Å²) in [4.78, 5) is 12.6. The molecule has 0 radical (unpaired) electrons. The molecule has 5 aromatic rings. The van der Waals surface area contributed by atoms with Gasteiger partial charge in [-0.2, -0.15) is 47.9 Å². The summed E-state index contributed by atoms with van der Waals surface area (Å²) in [5.41, 5.74) is -0.705. The molecule has 0 saturated carbocycles. The molecule has 0 bridgehead atoms. The number of benzene rings is 4. The molecule has 1 aromatic heterocycles. The largest absolute Gasteiger partial charge is 0.495 e. The fourth-order valence-corrected chi connectivity index (χ4v) is 11.5. The van der Waals surface area contributed by atoms with Gasteiger partial charge in [-0.25, -0.2) is 3.63 Å². The molecule has 0 unspecified atom stereocenters. The first kappa shape index (κ1) is 36.3.